The van der Waals surface area contributed by atoms with Crippen LogP contribution in [0.1, 0.15) is 23.6 Å². The molecule has 1 atom stereocenters. The van der Waals surface area contributed by atoms with E-state index in [4.69, 9.17) is 5.73 Å². The van der Waals surface area contributed by atoms with Gasteiger partial charge in [0.05, 0.1) is 5.92 Å². The SMILES string of the molecule is Cn1cc(C(CN)C(F)(F)F)c(C(F)F)n1. The molecule has 2 N–H and O–H groups in total. The molecule has 0 aliphatic carbocycles. The van der Waals surface area contributed by atoms with E-state index >= 15 is 0 Å². The average molecular weight is 243 g/mol. The molecule has 1 aromatic heterocycles. The van der Waals surface area contributed by atoms with Gasteiger partial charge in [0.25, 0.3) is 6.43 Å². The molecule has 1 rings (SSSR count). The van der Waals surface area contributed by atoms with E-state index < -0.39 is 36.3 Å². The molecule has 8 heteroatoms. The van der Waals surface area contributed by atoms with E-state index in [1.807, 2.05) is 0 Å². The average Bonchev–Trinajstić information content (AvgIpc) is 2.46. The molecule has 92 valence electrons. The highest BCUT2D eigenvalue weighted by atomic mass is 19.4. The largest absolute Gasteiger partial charge is 0.397 e. The van der Waals surface area contributed by atoms with Gasteiger partial charge in [-0.15, -0.1) is 0 Å². The Morgan fingerprint density at radius 2 is 2.00 bits per heavy atom. The third-order valence-corrected chi connectivity index (χ3v) is 2.10. The van der Waals surface area contributed by atoms with Gasteiger partial charge in [-0.05, 0) is 0 Å². The van der Waals surface area contributed by atoms with Gasteiger partial charge >= 0.3 is 6.18 Å². The fraction of sp³-hybridized carbons (Fsp3) is 0.625. The molecule has 1 aromatic rings. The summed E-state index contributed by atoms with van der Waals surface area (Å²) in [6.45, 7) is -0.783. The van der Waals surface area contributed by atoms with Gasteiger partial charge in [-0.2, -0.15) is 18.3 Å². The Labute approximate surface area is 88.0 Å². The zero-order valence-electron chi connectivity index (χ0n) is 8.30. The maximum absolute atomic E-state index is 12.5. The second-order valence-electron chi connectivity index (χ2n) is 3.27. The third kappa shape index (κ3) is 2.49. The van der Waals surface area contributed by atoms with Crippen LogP contribution in [0.3, 0.4) is 0 Å². The lowest BCUT2D eigenvalue weighted by atomic mass is 9.99. The first-order valence-corrected chi connectivity index (χ1v) is 4.35. The van der Waals surface area contributed by atoms with E-state index in [1.54, 1.807) is 0 Å². The molecule has 0 aliphatic heterocycles. The molecule has 3 nitrogen and oxygen atoms in total. The summed E-state index contributed by atoms with van der Waals surface area (Å²) < 4.78 is 63.3. The highest BCUT2D eigenvalue weighted by Crippen LogP contribution is 2.37. The molecule has 0 amide bonds. The molecule has 0 aliphatic rings. The molecule has 0 saturated heterocycles. The minimum Gasteiger partial charge on any atom is -0.330 e. The van der Waals surface area contributed by atoms with Crippen LogP contribution >= 0.6 is 0 Å². The van der Waals surface area contributed by atoms with Crippen molar-refractivity contribution in [2.45, 2.75) is 18.5 Å². The molecular formula is C8H10F5N3. The van der Waals surface area contributed by atoms with E-state index in [0.717, 1.165) is 10.9 Å². The summed E-state index contributed by atoms with van der Waals surface area (Å²) in [6.07, 6.45) is -6.78. The topological polar surface area (TPSA) is 43.8 Å². The van der Waals surface area contributed by atoms with Gasteiger partial charge in [-0.25, -0.2) is 8.78 Å². The van der Waals surface area contributed by atoms with Gasteiger partial charge in [0, 0.05) is 25.4 Å². The molecule has 0 radical (unpaired) electrons. The van der Waals surface area contributed by atoms with Crippen LogP contribution in [0.25, 0.3) is 0 Å². The fourth-order valence-corrected chi connectivity index (χ4v) is 1.40. The summed E-state index contributed by atoms with van der Waals surface area (Å²) in [7, 11) is 1.28. The van der Waals surface area contributed by atoms with Crippen molar-refractivity contribution in [1.82, 2.24) is 9.78 Å². The highest BCUT2D eigenvalue weighted by Gasteiger charge is 2.42. The molecule has 0 bridgehead atoms. The lowest BCUT2D eigenvalue weighted by molar-refractivity contribution is -0.148. The Morgan fingerprint density at radius 3 is 2.38 bits per heavy atom. The number of alkyl halides is 5. The molecule has 0 aromatic carbocycles. The number of halogens is 5. The van der Waals surface area contributed by atoms with Gasteiger partial charge in [0.15, 0.2) is 0 Å². The predicted octanol–water partition coefficient (Wildman–Crippen LogP) is 1.96. The van der Waals surface area contributed by atoms with Crippen molar-refractivity contribution in [3.63, 3.8) is 0 Å². The first-order chi connectivity index (χ1) is 7.27. The standard InChI is InChI=1S/C8H10F5N3/c1-16-3-4(6(15-16)7(9)10)5(2-14)8(11,12)13/h3,5,7H,2,14H2,1H3. The monoisotopic (exact) mass is 243 g/mol. The molecule has 0 fully saturated rings. The Bertz CT molecular complexity index is 357. The Hall–Kier alpha value is -1.18. The zero-order chi connectivity index (χ0) is 12.5. The summed E-state index contributed by atoms with van der Waals surface area (Å²) in [5, 5.41) is 3.30. The van der Waals surface area contributed by atoms with E-state index in [-0.39, 0.29) is 0 Å². The van der Waals surface area contributed by atoms with E-state index in [2.05, 4.69) is 5.10 Å². The predicted molar refractivity (Wildman–Crippen MR) is 46.0 cm³/mol. The number of hydrogen-bond donors (Lipinski definition) is 1. The van der Waals surface area contributed by atoms with Crippen molar-refractivity contribution in [3.8, 4) is 0 Å². The lowest BCUT2D eigenvalue weighted by Gasteiger charge is -2.18. The summed E-state index contributed by atoms with van der Waals surface area (Å²) in [6, 6.07) is 0. The smallest absolute Gasteiger partial charge is 0.330 e. The second-order valence-corrected chi connectivity index (χ2v) is 3.27. The molecule has 0 saturated carbocycles. The van der Waals surface area contributed by atoms with Gasteiger partial charge in [-0.1, -0.05) is 0 Å². The van der Waals surface area contributed by atoms with E-state index in [9.17, 15) is 22.0 Å². The summed E-state index contributed by atoms with van der Waals surface area (Å²) in [5.74, 6) is -2.11. The lowest BCUT2D eigenvalue weighted by Crippen LogP contribution is -2.28. The Kier molecular flexibility index (Phi) is 3.51. The molecular weight excluding hydrogens is 233 g/mol. The van der Waals surface area contributed by atoms with Gasteiger partial charge in [0.1, 0.15) is 5.69 Å². The van der Waals surface area contributed by atoms with Gasteiger partial charge < -0.3 is 5.73 Å². The Morgan fingerprint density at radius 1 is 1.44 bits per heavy atom. The molecule has 16 heavy (non-hydrogen) atoms. The minimum atomic E-state index is -4.65. The number of hydrogen-bond acceptors (Lipinski definition) is 2. The molecule has 0 spiro atoms. The van der Waals surface area contributed by atoms with Crippen molar-refractivity contribution in [1.29, 1.82) is 0 Å². The minimum absolute atomic E-state index is 0.562. The van der Waals surface area contributed by atoms with Crippen LogP contribution in [0.5, 0.6) is 0 Å². The zero-order valence-corrected chi connectivity index (χ0v) is 8.30. The van der Waals surface area contributed by atoms with Crippen LogP contribution in [0.2, 0.25) is 0 Å². The van der Waals surface area contributed by atoms with Gasteiger partial charge in [-0.3, -0.25) is 4.68 Å². The van der Waals surface area contributed by atoms with Crippen LogP contribution < -0.4 is 5.73 Å². The number of aromatic nitrogens is 2. The van der Waals surface area contributed by atoms with E-state index in [0.29, 0.717) is 0 Å². The van der Waals surface area contributed by atoms with Crippen molar-refractivity contribution >= 4 is 0 Å². The Balaban J connectivity index is 3.19. The summed E-state index contributed by atoms with van der Waals surface area (Å²) in [5.41, 5.74) is 3.54. The highest BCUT2D eigenvalue weighted by molar-refractivity contribution is 5.25. The van der Waals surface area contributed by atoms with Crippen LogP contribution in [0, 0.1) is 0 Å². The fourth-order valence-electron chi connectivity index (χ4n) is 1.40. The maximum atomic E-state index is 12.5. The van der Waals surface area contributed by atoms with Crippen molar-refractivity contribution in [3.05, 3.63) is 17.5 Å². The van der Waals surface area contributed by atoms with Gasteiger partial charge in [0.2, 0.25) is 0 Å². The van der Waals surface area contributed by atoms with Crippen LogP contribution in [-0.4, -0.2) is 22.5 Å². The number of nitrogens with two attached hydrogens (primary N) is 1. The summed E-state index contributed by atoms with van der Waals surface area (Å²) in [4.78, 5) is 0. The van der Waals surface area contributed by atoms with Crippen molar-refractivity contribution in [2.75, 3.05) is 6.54 Å². The maximum Gasteiger partial charge on any atom is 0.397 e. The first kappa shape index (κ1) is 12.9. The van der Waals surface area contributed by atoms with Crippen molar-refractivity contribution < 1.29 is 22.0 Å². The number of nitrogens with zero attached hydrogens (tertiary/aromatic N) is 2. The van der Waals surface area contributed by atoms with Crippen LogP contribution in [-0.2, 0) is 7.05 Å². The van der Waals surface area contributed by atoms with Crippen LogP contribution in [0.15, 0.2) is 6.20 Å². The summed E-state index contributed by atoms with van der Waals surface area (Å²) >= 11 is 0. The van der Waals surface area contributed by atoms with Crippen molar-refractivity contribution in [2.24, 2.45) is 12.8 Å². The molecule has 1 heterocycles. The molecule has 1 unspecified atom stereocenters. The van der Waals surface area contributed by atoms with E-state index in [1.165, 1.54) is 7.05 Å². The third-order valence-electron chi connectivity index (χ3n) is 2.10. The second kappa shape index (κ2) is 4.36. The first-order valence-electron chi connectivity index (χ1n) is 4.35. The number of rotatable bonds is 3. The number of aryl methyl sites for hydroxylation is 1. The van der Waals surface area contributed by atoms with Crippen LogP contribution in [0.4, 0.5) is 22.0 Å². The quantitative estimate of drug-likeness (QED) is 0.825. The normalized spacial score (nSPS) is 14.5.